The quantitative estimate of drug-likeness (QED) is 0.715. The van der Waals surface area contributed by atoms with Crippen LogP contribution in [0.4, 0.5) is 0 Å². The second-order valence-electron chi connectivity index (χ2n) is 4.18. The van der Waals surface area contributed by atoms with Gasteiger partial charge in [-0.15, -0.1) is 0 Å². The van der Waals surface area contributed by atoms with E-state index < -0.39 is 0 Å². The molecule has 0 aliphatic rings. The minimum atomic E-state index is 0.621. The molecule has 1 rings (SSSR count). The topological polar surface area (TPSA) is 21.7 Å². The molecule has 0 spiro atoms. The highest BCUT2D eigenvalue weighted by Crippen LogP contribution is 2.23. The van der Waals surface area contributed by atoms with Gasteiger partial charge in [0, 0.05) is 19.2 Å². The van der Waals surface area contributed by atoms with Gasteiger partial charge in [0.2, 0.25) is 0 Å². The Morgan fingerprint density at radius 2 is 1.75 bits per heavy atom. The molecule has 0 N–H and O–H groups in total. The molecule has 0 heterocycles. The van der Waals surface area contributed by atoms with Gasteiger partial charge in [0.15, 0.2) is 0 Å². The average Bonchev–Trinajstić information content (AvgIpc) is 2.23. The lowest BCUT2D eigenvalue weighted by molar-refractivity contribution is 0.0766. The Morgan fingerprint density at radius 3 is 2.31 bits per heavy atom. The molecule has 0 fully saturated rings. The molecule has 3 nitrogen and oxygen atoms in total. The largest absolute Gasteiger partial charge is 0.496 e. The summed E-state index contributed by atoms with van der Waals surface area (Å²) in [7, 11) is 5.44. The Labute approximate surface area is 98.0 Å². The van der Waals surface area contributed by atoms with Crippen LogP contribution in [-0.2, 0) is 11.3 Å². The Kier molecular flexibility index (Phi) is 4.77. The number of aryl methyl sites for hydroxylation is 2. The molecular weight excluding hydrogens is 202 g/mol. The minimum Gasteiger partial charge on any atom is -0.496 e. The zero-order valence-corrected chi connectivity index (χ0v) is 10.8. The number of hydrogen-bond acceptors (Lipinski definition) is 3. The van der Waals surface area contributed by atoms with E-state index in [4.69, 9.17) is 9.47 Å². The first-order chi connectivity index (χ1) is 7.58. The molecule has 1 aromatic rings. The van der Waals surface area contributed by atoms with Crippen molar-refractivity contribution >= 4 is 0 Å². The maximum Gasteiger partial charge on any atom is 0.123 e. The number of rotatable bonds is 5. The normalized spacial score (nSPS) is 10.9. The predicted octanol–water partition coefficient (Wildman–Crippen LogP) is 2.35. The summed E-state index contributed by atoms with van der Waals surface area (Å²) in [6, 6.07) is 4.27. The van der Waals surface area contributed by atoms with Gasteiger partial charge in [-0.2, -0.15) is 0 Å². The highest BCUT2D eigenvalue weighted by atomic mass is 16.5. The van der Waals surface area contributed by atoms with E-state index in [-0.39, 0.29) is 0 Å². The smallest absolute Gasteiger partial charge is 0.123 e. The third kappa shape index (κ3) is 3.22. The van der Waals surface area contributed by atoms with Crippen molar-refractivity contribution in [3.63, 3.8) is 0 Å². The van der Waals surface area contributed by atoms with E-state index >= 15 is 0 Å². The monoisotopic (exact) mass is 223 g/mol. The Balaban J connectivity index is 2.89. The number of benzene rings is 1. The zero-order valence-electron chi connectivity index (χ0n) is 10.8. The van der Waals surface area contributed by atoms with Crippen LogP contribution in [0.3, 0.4) is 0 Å². The van der Waals surface area contributed by atoms with Crippen LogP contribution in [0.15, 0.2) is 12.1 Å². The number of hydrogen-bond donors (Lipinski definition) is 0. The fourth-order valence-corrected chi connectivity index (χ4v) is 1.72. The van der Waals surface area contributed by atoms with Crippen LogP contribution in [0.1, 0.15) is 16.7 Å². The molecule has 0 amide bonds. The first-order valence-corrected chi connectivity index (χ1v) is 5.40. The molecule has 0 radical (unpaired) electrons. The molecular formula is C13H21NO2. The number of nitrogens with zero attached hydrogens (tertiary/aromatic N) is 1. The fourth-order valence-electron chi connectivity index (χ4n) is 1.72. The van der Waals surface area contributed by atoms with Crippen molar-refractivity contribution in [2.75, 3.05) is 28.0 Å². The van der Waals surface area contributed by atoms with Crippen molar-refractivity contribution in [2.45, 2.75) is 20.4 Å². The summed E-state index contributed by atoms with van der Waals surface area (Å²) in [5, 5.41) is 0. The van der Waals surface area contributed by atoms with E-state index in [1.165, 1.54) is 16.7 Å². The Morgan fingerprint density at radius 1 is 1.12 bits per heavy atom. The van der Waals surface area contributed by atoms with Crippen molar-refractivity contribution in [2.24, 2.45) is 0 Å². The second kappa shape index (κ2) is 5.87. The molecule has 3 heteroatoms. The summed E-state index contributed by atoms with van der Waals surface area (Å²) < 4.78 is 10.5. The lowest BCUT2D eigenvalue weighted by Gasteiger charge is -2.18. The van der Waals surface area contributed by atoms with Crippen LogP contribution in [0.2, 0.25) is 0 Å². The molecule has 0 saturated heterocycles. The number of ether oxygens (including phenoxy) is 2. The van der Waals surface area contributed by atoms with Crippen molar-refractivity contribution in [3.05, 3.63) is 28.8 Å². The van der Waals surface area contributed by atoms with Gasteiger partial charge in [-0.05, 0) is 38.1 Å². The van der Waals surface area contributed by atoms with E-state index in [0.717, 1.165) is 12.3 Å². The van der Waals surface area contributed by atoms with Crippen LogP contribution in [0, 0.1) is 13.8 Å². The maximum absolute atomic E-state index is 5.39. The summed E-state index contributed by atoms with van der Waals surface area (Å²) in [6.07, 6.45) is 0. The first kappa shape index (κ1) is 13.0. The molecule has 90 valence electrons. The van der Waals surface area contributed by atoms with Crippen molar-refractivity contribution in [3.8, 4) is 5.75 Å². The van der Waals surface area contributed by atoms with Crippen LogP contribution in [0.5, 0.6) is 5.75 Å². The predicted molar refractivity (Wildman–Crippen MR) is 65.8 cm³/mol. The molecule has 0 atom stereocenters. The Hall–Kier alpha value is -1.06. The van der Waals surface area contributed by atoms with Gasteiger partial charge in [0.1, 0.15) is 5.75 Å². The van der Waals surface area contributed by atoms with E-state index in [2.05, 4.69) is 30.9 Å². The van der Waals surface area contributed by atoms with Gasteiger partial charge in [-0.3, -0.25) is 4.90 Å². The third-order valence-electron chi connectivity index (χ3n) is 2.69. The van der Waals surface area contributed by atoms with Crippen molar-refractivity contribution in [1.82, 2.24) is 4.90 Å². The van der Waals surface area contributed by atoms with Gasteiger partial charge in [-0.1, -0.05) is 6.07 Å². The molecule has 0 aliphatic heterocycles. The molecule has 0 aliphatic carbocycles. The molecule has 0 saturated carbocycles. The lowest BCUT2D eigenvalue weighted by Crippen LogP contribution is -2.20. The second-order valence-corrected chi connectivity index (χ2v) is 4.18. The molecule has 16 heavy (non-hydrogen) atoms. The third-order valence-corrected chi connectivity index (χ3v) is 2.69. The lowest BCUT2D eigenvalue weighted by atomic mass is 10.0. The van der Waals surface area contributed by atoms with Crippen LogP contribution in [-0.4, -0.2) is 32.9 Å². The van der Waals surface area contributed by atoms with Gasteiger partial charge in [0.25, 0.3) is 0 Å². The van der Waals surface area contributed by atoms with Gasteiger partial charge in [-0.25, -0.2) is 0 Å². The maximum atomic E-state index is 5.39. The minimum absolute atomic E-state index is 0.621. The summed E-state index contributed by atoms with van der Waals surface area (Å²) >= 11 is 0. The van der Waals surface area contributed by atoms with E-state index in [9.17, 15) is 0 Å². The van der Waals surface area contributed by atoms with Gasteiger partial charge < -0.3 is 9.47 Å². The molecule has 0 bridgehead atoms. The zero-order chi connectivity index (χ0) is 12.1. The highest BCUT2D eigenvalue weighted by molar-refractivity contribution is 5.41. The van der Waals surface area contributed by atoms with Gasteiger partial charge in [0.05, 0.1) is 13.8 Å². The highest BCUT2D eigenvalue weighted by Gasteiger charge is 2.08. The fraction of sp³-hybridized carbons (Fsp3) is 0.538. The Bertz CT molecular complexity index is 350. The summed E-state index contributed by atoms with van der Waals surface area (Å²) in [5.41, 5.74) is 3.75. The van der Waals surface area contributed by atoms with E-state index in [1.807, 2.05) is 7.05 Å². The summed E-state index contributed by atoms with van der Waals surface area (Å²) in [5.74, 6) is 0.950. The summed E-state index contributed by atoms with van der Waals surface area (Å²) in [6.45, 7) is 5.67. The van der Waals surface area contributed by atoms with Crippen LogP contribution >= 0.6 is 0 Å². The van der Waals surface area contributed by atoms with Crippen molar-refractivity contribution in [1.29, 1.82) is 0 Å². The van der Waals surface area contributed by atoms with E-state index in [1.54, 1.807) is 14.2 Å². The molecule has 0 unspecified atom stereocenters. The number of methoxy groups -OCH3 is 2. The van der Waals surface area contributed by atoms with Crippen molar-refractivity contribution < 1.29 is 9.47 Å². The van der Waals surface area contributed by atoms with Gasteiger partial charge >= 0.3 is 0 Å². The van der Waals surface area contributed by atoms with Crippen LogP contribution in [0.25, 0.3) is 0 Å². The standard InChI is InChI=1S/C13H21NO2/c1-10-6-12(8-14(3)9-15-4)13(16-5)7-11(10)2/h6-7H,8-9H2,1-5H3. The van der Waals surface area contributed by atoms with Crippen LogP contribution < -0.4 is 4.74 Å². The molecule has 0 aromatic heterocycles. The summed E-state index contributed by atoms with van der Waals surface area (Å²) in [4.78, 5) is 2.10. The first-order valence-electron chi connectivity index (χ1n) is 5.40. The SMILES string of the molecule is COCN(C)Cc1cc(C)c(C)cc1OC. The molecule has 1 aromatic carbocycles. The average molecular weight is 223 g/mol. The van der Waals surface area contributed by atoms with E-state index in [0.29, 0.717) is 6.73 Å².